The van der Waals surface area contributed by atoms with Gasteiger partial charge in [-0.05, 0) is 201 Å². The van der Waals surface area contributed by atoms with E-state index in [1.807, 2.05) is 88.4 Å². The highest BCUT2D eigenvalue weighted by molar-refractivity contribution is 6.33. The van der Waals surface area contributed by atoms with E-state index >= 15 is 8.78 Å². The number of piperidine rings is 6. The number of pyridine rings is 2. The number of imide groups is 2. The molecule has 18 rings (SSSR count). The highest BCUT2D eigenvalue weighted by Crippen LogP contribution is 2.43. The fraction of sp³-hybridized carbons (Fsp3) is 0.511. The Morgan fingerprint density at radius 1 is 0.500 bits per heavy atom. The number of nitrogens with zero attached hydrogens (tertiary/aromatic N) is 12. The summed E-state index contributed by atoms with van der Waals surface area (Å²) < 4.78 is 59.5. The van der Waals surface area contributed by atoms with Gasteiger partial charge in [0.25, 0.3) is 22.9 Å². The molecule has 6 amide bonds. The number of hydrogen-bond donors (Lipinski definition) is 4. The average molecular weight is 1790 g/mol. The number of Topliss-reactive ketones (excluding diaryl/α,β-unsaturated/α-hetero) is 2. The fourth-order valence-corrected chi connectivity index (χ4v) is 20.0. The summed E-state index contributed by atoms with van der Waals surface area (Å²) in [7, 11) is 0. The molecule has 2 saturated carbocycles. The van der Waals surface area contributed by atoms with Crippen molar-refractivity contribution in [2.75, 3.05) is 86.0 Å². The summed E-state index contributed by atoms with van der Waals surface area (Å²) >= 11 is 13.2. The van der Waals surface area contributed by atoms with Gasteiger partial charge in [-0.1, -0.05) is 61.3 Å². The van der Waals surface area contributed by atoms with Gasteiger partial charge in [0.05, 0.1) is 47.8 Å². The zero-order chi connectivity index (χ0) is 89.6. The van der Waals surface area contributed by atoms with Crippen LogP contribution in [0.1, 0.15) is 211 Å². The SMILES string of the molecule is CCC(=O)COc1cc2cc(Nc3nc(N4CCC(OC5CC(N6CC[C@@H](c7ccc8c(c7)CN(C7CCC(=O)NC7=O)C8=O)[C@@H](F)C6)C5)CC4)ncc3Cl)ccc2n(C(C)C)c1=O.CCC(=O)COc1cc2cc(Nc3nc(N4CCC(OC5CC(N6CC[C@H](c7ccc8c(c7)CN(C7CCC(=O)NC7=O)C8=O)[C@H](F)C6)C5)CC4)ncc3Cl)ccc2n(C(C)C)c1=O. The van der Waals surface area contributed by atoms with Crippen molar-refractivity contribution in [3.8, 4) is 11.5 Å². The zero-order valence-electron chi connectivity index (χ0n) is 72.7. The van der Waals surface area contributed by atoms with E-state index in [4.69, 9.17) is 52.1 Å². The Morgan fingerprint density at radius 2 is 0.898 bits per heavy atom. The highest BCUT2D eigenvalue weighted by atomic mass is 35.5. The highest BCUT2D eigenvalue weighted by Gasteiger charge is 2.46. The second kappa shape index (κ2) is 38.0. The molecule has 676 valence electrons. The van der Waals surface area contributed by atoms with Crippen LogP contribution in [0, 0.1) is 0 Å². The Balaban J connectivity index is 0.000000180. The van der Waals surface area contributed by atoms with E-state index in [0.29, 0.717) is 108 Å². The number of alkyl halides is 2. The average Bonchev–Trinajstić information content (AvgIpc) is 1.65. The molecule has 8 fully saturated rings. The Kier molecular flexibility index (Phi) is 26.5. The van der Waals surface area contributed by atoms with Crippen LogP contribution in [0.3, 0.4) is 0 Å². The van der Waals surface area contributed by atoms with Crippen LogP contribution in [-0.4, -0.2) is 222 Å². The number of amides is 6. The molecule has 30 nitrogen and oxygen atoms in total. The van der Waals surface area contributed by atoms with Crippen molar-refractivity contribution in [3.63, 3.8) is 0 Å². The van der Waals surface area contributed by atoms with E-state index < -0.39 is 36.2 Å². The Bertz CT molecular complexity index is 5430. The number of anilines is 6. The predicted octanol–water partition coefficient (Wildman–Crippen LogP) is 12.5. The van der Waals surface area contributed by atoms with Gasteiger partial charge in [-0.2, -0.15) is 9.97 Å². The number of fused-ring (bicyclic) bond motifs is 4. The molecule has 34 heteroatoms. The number of hydrogen-bond acceptors (Lipinski definition) is 24. The van der Waals surface area contributed by atoms with Gasteiger partial charge in [0.2, 0.25) is 35.5 Å². The van der Waals surface area contributed by atoms with Crippen LogP contribution >= 0.6 is 23.2 Å². The van der Waals surface area contributed by atoms with Crippen LogP contribution in [0.4, 0.5) is 43.7 Å². The van der Waals surface area contributed by atoms with E-state index in [1.165, 1.54) is 9.80 Å². The van der Waals surface area contributed by atoms with Gasteiger partial charge in [-0.15, -0.1) is 0 Å². The number of carbonyl (C=O) groups excluding carboxylic acids is 8. The fourth-order valence-electron chi connectivity index (χ4n) is 19.8. The molecule has 128 heavy (non-hydrogen) atoms. The van der Waals surface area contributed by atoms with E-state index in [9.17, 15) is 47.9 Å². The maximum Gasteiger partial charge on any atom is 0.293 e. The molecule has 4 N–H and O–H groups in total. The Hall–Kier alpha value is -10.9. The first kappa shape index (κ1) is 89.1. The van der Waals surface area contributed by atoms with Crippen molar-refractivity contribution in [1.29, 1.82) is 0 Å². The quantitative estimate of drug-likeness (QED) is 0.0366. The maximum atomic E-state index is 15.9. The lowest BCUT2D eigenvalue weighted by Crippen LogP contribution is -2.54. The third-order valence-corrected chi connectivity index (χ3v) is 27.6. The van der Waals surface area contributed by atoms with Crippen LogP contribution in [0.25, 0.3) is 21.8 Å². The van der Waals surface area contributed by atoms with Crippen LogP contribution in [-0.2, 0) is 51.3 Å². The number of ether oxygens (including phenoxy) is 4. The second-order valence-corrected chi connectivity index (χ2v) is 36.8. The minimum Gasteiger partial charge on any atom is -0.480 e. The van der Waals surface area contributed by atoms with Gasteiger partial charge >= 0.3 is 0 Å². The summed E-state index contributed by atoms with van der Waals surface area (Å²) in [5.74, 6) is -0.408. The van der Waals surface area contributed by atoms with Gasteiger partial charge in [-0.25, -0.2) is 18.7 Å². The smallest absolute Gasteiger partial charge is 0.293 e. The van der Waals surface area contributed by atoms with Crippen molar-refractivity contribution in [2.45, 2.75) is 242 Å². The summed E-state index contributed by atoms with van der Waals surface area (Å²) in [6.45, 7) is 16.6. The molecule has 4 aromatic carbocycles. The molecule has 0 bridgehead atoms. The minimum absolute atomic E-state index is 0.0911. The number of ketones is 2. The van der Waals surface area contributed by atoms with Crippen molar-refractivity contribution in [2.24, 2.45) is 0 Å². The zero-order valence-corrected chi connectivity index (χ0v) is 74.2. The molecule has 0 spiro atoms. The first-order valence-electron chi connectivity index (χ1n) is 45.0. The summed E-state index contributed by atoms with van der Waals surface area (Å²) in [6.07, 6.45) is 11.4. The Morgan fingerprint density at radius 3 is 1.27 bits per heavy atom. The molecular formula is C94H108Cl2F2N16O14. The number of benzene rings is 4. The van der Waals surface area contributed by atoms with Crippen LogP contribution in [0.5, 0.6) is 11.5 Å². The third kappa shape index (κ3) is 19.0. The first-order valence-corrected chi connectivity index (χ1v) is 45.8. The van der Waals surface area contributed by atoms with Crippen molar-refractivity contribution in [1.82, 2.24) is 59.3 Å². The van der Waals surface area contributed by atoms with Crippen molar-refractivity contribution < 1.29 is 66.1 Å². The largest absolute Gasteiger partial charge is 0.480 e. The van der Waals surface area contributed by atoms with Crippen molar-refractivity contribution >= 4 is 127 Å². The second-order valence-electron chi connectivity index (χ2n) is 36.0. The Labute approximate surface area is 749 Å². The maximum absolute atomic E-state index is 15.9. The van der Waals surface area contributed by atoms with Crippen LogP contribution < -0.4 is 51.7 Å². The van der Waals surface area contributed by atoms with Crippen LogP contribution in [0.15, 0.2) is 107 Å². The standard InChI is InChI=1S/2C47H54ClFN8O7/c2*1-4-32(58)25-63-41-19-28-18-30(6-8-39(28)57(26(2)3)46(41)62)51-43-37(48)22-50-47(53-43)54-14-11-33(12-15-54)64-34-20-31(21-34)55-16-13-35(38(49)24-55)27-5-7-36-29(17-27)23-56(45(36)61)40-9-10-42(59)52-44(40)60/h2*5-8,17-19,22,26,31,33-35,38,40H,4,9-16,20-21,23-25H2,1-3H3,(H,50,51,53)(H,52,59,60)/t2*31?,34?,35-,38-,40?/m10/s1. The molecule has 6 saturated heterocycles. The minimum atomic E-state index is -1.04. The topological polar surface area (TPSA) is 337 Å². The van der Waals surface area contributed by atoms with E-state index in [0.717, 1.165) is 135 Å². The monoisotopic (exact) mass is 1790 g/mol. The molecule has 0 radical (unpaired) electrons. The predicted molar refractivity (Wildman–Crippen MR) is 478 cm³/mol. The number of nitrogens with one attached hydrogen (secondary N) is 4. The summed E-state index contributed by atoms with van der Waals surface area (Å²) in [5.41, 5.74) is 6.77. The number of aromatic nitrogens is 6. The lowest BCUT2D eigenvalue weighted by molar-refractivity contribution is -0.138. The molecule has 4 aromatic heterocycles. The van der Waals surface area contributed by atoms with E-state index in [2.05, 4.69) is 50.8 Å². The van der Waals surface area contributed by atoms with Gasteiger partial charge in [-0.3, -0.25) is 68.4 Å². The molecule has 8 aromatic rings. The van der Waals surface area contributed by atoms with Crippen LogP contribution in [0.2, 0.25) is 10.0 Å². The number of halogens is 4. The number of likely N-dealkylation sites (tertiary alicyclic amines) is 2. The summed E-state index contributed by atoms with van der Waals surface area (Å²) in [4.78, 5) is 156. The molecule has 10 aliphatic rings. The normalized spacial score (nSPS) is 24.2. The van der Waals surface area contributed by atoms with Gasteiger partial charge in [0.1, 0.15) is 47.7 Å². The first-order chi connectivity index (χ1) is 61.6. The van der Waals surface area contributed by atoms with E-state index in [-0.39, 0.29) is 157 Å². The third-order valence-electron chi connectivity index (χ3n) is 27.1. The molecule has 2 unspecified atom stereocenters. The van der Waals surface area contributed by atoms with Gasteiger partial charge < -0.3 is 58.3 Å². The molecule has 8 aliphatic heterocycles. The molecule has 6 atom stereocenters. The lowest BCUT2D eigenvalue weighted by atomic mass is 9.82. The molecule has 2 aliphatic carbocycles. The molecular weight excluding hydrogens is 1690 g/mol. The summed E-state index contributed by atoms with van der Waals surface area (Å²) in [5, 5.41) is 13.6. The number of rotatable bonds is 26. The van der Waals surface area contributed by atoms with Crippen molar-refractivity contribution in [3.05, 3.63) is 161 Å². The summed E-state index contributed by atoms with van der Waals surface area (Å²) in [6, 6.07) is 24.7. The number of carbonyl (C=O) groups is 8. The van der Waals surface area contributed by atoms with Gasteiger partial charge in [0.15, 0.2) is 34.7 Å². The van der Waals surface area contributed by atoms with Gasteiger partial charge in [0, 0.05) is 147 Å². The lowest BCUT2D eigenvalue weighted by Gasteiger charge is -2.47. The molecule has 12 heterocycles. The van der Waals surface area contributed by atoms with E-state index in [1.54, 1.807) is 59.6 Å².